The molecule has 0 heterocycles. The summed E-state index contributed by atoms with van der Waals surface area (Å²) in [5.41, 5.74) is 4.36. The summed E-state index contributed by atoms with van der Waals surface area (Å²) in [7, 11) is 0. The highest BCUT2D eigenvalue weighted by atomic mass is 35.5. The Bertz CT molecular complexity index is 572. The fraction of sp³-hybridized carbons (Fsp3) is 0.333. The van der Waals surface area contributed by atoms with Crippen LogP contribution >= 0.6 is 11.6 Å². The van der Waals surface area contributed by atoms with Gasteiger partial charge in [0.15, 0.2) is 0 Å². The molecule has 1 N–H and O–H groups in total. The topological polar surface area (TPSA) is 20.2 Å². The normalized spacial score (nSPS) is 12.7. The van der Waals surface area contributed by atoms with E-state index in [-0.39, 0.29) is 0 Å². The van der Waals surface area contributed by atoms with Crippen molar-refractivity contribution in [2.75, 3.05) is 0 Å². The lowest BCUT2D eigenvalue weighted by molar-refractivity contribution is 0.178. The number of rotatable bonds is 4. The van der Waals surface area contributed by atoms with Gasteiger partial charge in [-0.05, 0) is 41.2 Å². The molecule has 106 valence electrons. The number of hydrogen-bond acceptors (Lipinski definition) is 1. The molecule has 0 aliphatic rings. The fourth-order valence-electron chi connectivity index (χ4n) is 2.20. The van der Waals surface area contributed by atoms with Crippen LogP contribution in [0.15, 0.2) is 42.5 Å². The largest absolute Gasteiger partial charge is 0.388 e. The first kappa shape index (κ1) is 15.1. The van der Waals surface area contributed by atoms with Crippen LogP contribution in [-0.4, -0.2) is 5.11 Å². The molecule has 0 amide bonds. The Balaban J connectivity index is 2.10. The molecule has 0 saturated carbocycles. The van der Waals surface area contributed by atoms with E-state index in [9.17, 15) is 5.11 Å². The van der Waals surface area contributed by atoms with Gasteiger partial charge in [0.2, 0.25) is 0 Å². The zero-order chi connectivity index (χ0) is 14.7. The van der Waals surface area contributed by atoms with Crippen molar-refractivity contribution in [2.45, 2.75) is 39.2 Å². The molecule has 1 atom stereocenters. The zero-order valence-corrected chi connectivity index (χ0v) is 13.0. The van der Waals surface area contributed by atoms with Crippen LogP contribution in [0, 0.1) is 6.92 Å². The molecule has 0 radical (unpaired) electrons. The van der Waals surface area contributed by atoms with Gasteiger partial charge in [-0.3, -0.25) is 0 Å². The van der Waals surface area contributed by atoms with Crippen molar-refractivity contribution in [3.8, 4) is 0 Å². The molecule has 2 aromatic carbocycles. The van der Waals surface area contributed by atoms with Gasteiger partial charge in [-0.25, -0.2) is 0 Å². The predicted molar refractivity (Wildman–Crippen MR) is 85.4 cm³/mol. The second-order valence-electron chi connectivity index (χ2n) is 5.62. The molecule has 2 heteroatoms. The van der Waals surface area contributed by atoms with Crippen LogP contribution in [0.3, 0.4) is 0 Å². The van der Waals surface area contributed by atoms with Gasteiger partial charge in [0, 0.05) is 11.4 Å². The third-order valence-electron chi connectivity index (χ3n) is 3.66. The summed E-state index contributed by atoms with van der Waals surface area (Å²) in [5, 5.41) is 11.0. The van der Waals surface area contributed by atoms with Crippen molar-refractivity contribution < 1.29 is 5.11 Å². The minimum absolute atomic E-state index is 0.516. The van der Waals surface area contributed by atoms with Crippen molar-refractivity contribution in [1.82, 2.24) is 0 Å². The van der Waals surface area contributed by atoms with Crippen molar-refractivity contribution in [3.63, 3.8) is 0 Å². The van der Waals surface area contributed by atoms with Crippen LogP contribution in [0.25, 0.3) is 0 Å². The minimum atomic E-state index is -0.516. The fourth-order valence-corrected chi connectivity index (χ4v) is 2.39. The quantitative estimate of drug-likeness (QED) is 0.835. The molecule has 20 heavy (non-hydrogen) atoms. The summed E-state index contributed by atoms with van der Waals surface area (Å²) in [6.45, 7) is 6.32. The van der Waals surface area contributed by atoms with Gasteiger partial charge in [0.25, 0.3) is 0 Å². The number of aliphatic hydroxyl groups excluding tert-OH is 1. The lowest BCUT2D eigenvalue weighted by atomic mass is 9.97. The number of aliphatic hydroxyl groups is 1. The van der Waals surface area contributed by atoms with E-state index < -0.39 is 6.10 Å². The van der Waals surface area contributed by atoms with Gasteiger partial charge in [-0.15, -0.1) is 0 Å². The Labute approximate surface area is 126 Å². The SMILES string of the molecule is Cc1ccc(C(O)Cc2ccc(C(C)C)cc2)cc1Cl. The first-order valence-electron chi connectivity index (χ1n) is 7.00. The van der Waals surface area contributed by atoms with Gasteiger partial charge >= 0.3 is 0 Å². The molecular formula is C18H21ClO. The molecule has 0 fully saturated rings. The van der Waals surface area contributed by atoms with Crippen LogP contribution < -0.4 is 0 Å². The first-order chi connectivity index (χ1) is 9.47. The highest BCUT2D eigenvalue weighted by molar-refractivity contribution is 6.31. The molecule has 0 bridgehead atoms. The molecular weight excluding hydrogens is 268 g/mol. The smallest absolute Gasteiger partial charge is 0.0830 e. The maximum Gasteiger partial charge on any atom is 0.0830 e. The molecule has 1 nitrogen and oxygen atoms in total. The average Bonchev–Trinajstić information content (AvgIpc) is 2.42. The number of aryl methyl sites for hydroxylation is 1. The van der Waals surface area contributed by atoms with Crippen LogP contribution in [-0.2, 0) is 6.42 Å². The second-order valence-corrected chi connectivity index (χ2v) is 6.03. The maximum atomic E-state index is 10.3. The summed E-state index contributed by atoms with van der Waals surface area (Å²) in [5.74, 6) is 0.532. The average molecular weight is 289 g/mol. The maximum absolute atomic E-state index is 10.3. The zero-order valence-electron chi connectivity index (χ0n) is 12.2. The van der Waals surface area contributed by atoms with E-state index in [0.29, 0.717) is 17.4 Å². The Kier molecular flexibility index (Phi) is 4.85. The molecule has 2 rings (SSSR count). The van der Waals surface area contributed by atoms with E-state index in [2.05, 4.69) is 38.1 Å². The monoisotopic (exact) mass is 288 g/mol. The van der Waals surface area contributed by atoms with Crippen LogP contribution in [0.5, 0.6) is 0 Å². The predicted octanol–water partition coefficient (Wildman–Crippen LogP) is 5.05. The van der Waals surface area contributed by atoms with Gasteiger partial charge in [0.1, 0.15) is 0 Å². The third kappa shape index (κ3) is 3.62. The lowest BCUT2D eigenvalue weighted by Gasteiger charge is -2.13. The standard InChI is InChI=1S/C18H21ClO/c1-12(2)15-8-5-14(6-9-15)10-18(20)16-7-4-13(3)17(19)11-16/h4-9,11-12,18,20H,10H2,1-3H3. The molecule has 0 aliphatic heterocycles. The van der Waals surface area contributed by atoms with E-state index in [0.717, 1.165) is 16.7 Å². The van der Waals surface area contributed by atoms with Crippen molar-refractivity contribution in [2.24, 2.45) is 0 Å². The van der Waals surface area contributed by atoms with Crippen molar-refractivity contribution in [3.05, 3.63) is 69.7 Å². The number of hydrogen-bond donors (Lipinski definition) is 1. The molecule has 1 unspecified atom stereocenters. The Morgan fingerprint density at radius 3 is 2.15 bits per heavy atom. The Morgan fingerprint density at radius 1 is 1.00 bits per heavy atom. The highest BCUT2D eigenvalue weighted by Crippen LogP contribution is 2.24. The van der Waals surface area contributed by atoms with Crippen molar-refractivity contribution >= 4 is 11.6 Å². The molecule has 0 spiro atoms. The van der Waals surface area contributed by atoms with Crippen LogP contribution in [0.4, 0.5) is 0 Å². The van der Waals surface area contributed by atoms with E-state index in [1.54, 1.807) is 0 Å². The van der Waals surface area contributed by atoms with Crippen molar-refractivity contribution in [1.29, 1.82) is 0 Å². The van der Waals surface area contributed by atoms with Gasteiger partial charge in [-0.1, -0.05) is 61.8 Å². The summed E-state index contributed by atoms with van der Waals surface area (Å²) in [6.07, 6.45) is 0.0932. The molecule has 0 aliphatic carbocycles. The highest BCUT2D eigenvalue weighted by Gasteiger charge is 2.10. The Hall–Kier alpha value is -1.31. The Morgan fingerprint density at radius 2 is 1.60 bits per heavy atom. The van der Waals surface area contributed by atoms with E-state index in [1.165, 1.54) is 5.56 Å². The number of benzene rings is 2. The number of halogens is 1. The van der Waals surface area contributed by atoms with E-state index in [1.807, 2.05) is 25.1 Å². The van der Waals surface area contributed by atoms with Crippen LogP contribution in [0.1, 0.15) is 48.1 Å². The summed E-state index contributed by atoms with van der Waals surface area (Å²) < 4.78 is 0. The molecule has 0 saturated heterocycles. The minimum Gasteiger partial charge on any atom is -0.388 e. The molecule has 2 aromatic rings. The van der Waals surface area contributed by atoms with Gasteiger partial charge in [0.05, 0.1) is 6.10 Å². The second kappa shape index (κ2) is 6.43. The van der Waals surface area contributed by atoms with E-state index in [4.69, 9.17) is 11.6 Å². The van der Waals surface area contributed by atoms with Gasteiger partial charge < -0.3 is 5.11 Å². The van der Waals surface area contributed by atoms with E-state index >= 15 is 0 Å². The summed E-state index contributed by atoms with van der Waals surface area (Å²) in [6, 6.07) is 14.2. The van der Waals surface area contributed by atoms with Crippen LogP contribution in [0.2, 0.25) is 5.02 Å². The first-order valence-corrected chi connectivity index (χ1v) is 7.38. The third-order valence-corrected chi connectivity index (χ3v) is 4.06. The lowest BCUT2D eigenvalue weighted by Crippen LogP contribution is -2.02. The molecule has 0 aromatic heterocycles. The summed E-state index contributed by atoms with van der Waals surface area (Å²) >= 11 is 6.11. The van der Waals surface area contributed by atoms with Gasteiger partial charge in [-0.2, -0.15) is 0 Å². The summed E-state index contributed by atoms with van der Waals surface area (Å²) in [4.78, 5) is 0.